The highest BCUT2D eigenvalue weighted by atomic mass is 16.6. The smallest absolute Gasteiger partial charge is 0.335 e. The van der Waals surface area contributed by atoms with Crippen molar-refractivity contribution in [1.82, 2.24) is 4.90 Å². The number of cyclic esters (lactones) is 1. The van der Waals surface area contributed by atoms with E-state index in [-0.39, 0.29) is 11.9 Å². The first-order chi connectivity index (χ1) is 14.5. The highest BCUT2D eigenvalue weighted by molar-refractivity contribution is 5.97. The number of hydrogen-bond donors (Lipinski definition) is 0. The maximum Gasteiger partial charge on any atom is 0.335 e. The van der Waals surface area contributed by atoms with Crippen LogP contribution in [0.25, 0.3) is 0 Å². The minimum absolute atomic E-state index is 0.226. The van der Waals surface area contributed by atoms with Crippen LogP contribution in [0.2, 0.25) is 0 Å². The summed E-state index contributed by atoms with van der Waals surface area (Å²) in [6.07, 6.45) is 1.18. The molecule has 1 unspecified atom stereocenters. The van der Waals surface area contributed by atoms with Crippen molar-refractivity contribution in [3.8, 4) is 11.8 Å². The number of ether oxygens (including phenoxy) is 1. The number of rotatable bonds is 3. The van der Waals surface area contributed by atoms with Crippen LogP contribution >= 0.6 is 0 Å². The van der Waals surface area contributed by atoms with Gasteiger partial charge in [0.1, 0.15) is 0 Å². The lowest BCUT2D eigenvalue weighted by Crippen LogP contribution is -2.41. The molecule has 152 valence electrons. The molecule has 0 aromatic heterocycles. The van der Waals surface area contributed by atoms with Crippen LogP contribution < -0.4 is 0 Å². The Hall–Kier alpha value is -3.32. The van der Waals surface area contributed by atoms with E-state index in [1.54, 1.807) is 4.90 Å². The summed E-state index contributed by atoms with van der Waals surface area (Å²) in [5.74, 6) is 5.53. The average Bonchev–Trinajstić information content (AvgIpc) is 3.05. The number of nitrogens with zero attached hydrogens (tertiary/aromatic N) is 1. The van der Waals surface area contributed by atoms with Crippen molar-refractivity contribution < 1.29 is 14.3 Å². The van der Waals surface area contributed by atoms with Crippen LogP contribution in [0.4, 0.5) is 0 Å². The van der Waals surface area contributed by atoms with E-state index in [0.29, 0.717) is 31.8 Å². The van der Waals surface area contributed by atoms with E-state index in [0.717, 1.165) is 22.3 Å². The van der Waals surface area contributed by atoms with Crippen molar-refractivity contribution in [2.75, 3.05) is 13.1 Å². The molecule has 30 heavy (non-hydrogen) atoms. The Bertz CT molecular complexity index is 1040. The van der Waals surface area contributed by atoms with Crippen LogP contribution in [0, 0.1) is 17.8 Å². The second-order valence-electron chi connectivity index (χ2n) is 8.23. The van der Waals surface area contributed by atoms with Crippen LogP contribution in [0.1, 0.15) is 37.8 Å². The van der Waals surface area contributed by atoms with E-state index in [9.17, 15) is 9.59 Å². The zero-order valence-corrected chi connectivity index (χ0v) is 17.4. The molecule has 2 aromatic carbocycles. The quantitative estimate of drug-likeness (QED) is 0.578. The fraction of sp³-hybridized carbons (Fsp3) is 0.308. The number of hydrogen-bond acceptors (Lipinski definition) is 3. The molecular weight excluding hydrogens is 374 g/mol. The predicted octanol–water partition coefficient (Wildman–Crippen LogP) is 4.07. The molecule has 0 aliphatic carbocycles. The summed E-state index contributed by atoms with van der Waals surface area (Å²) in [6.45, 7) is 5.08. The van der Waals surface area contributed by atoms with Gasteiger partial charge in [0.25, 0.3) is 5.91 Å². The van der Waals surface area contributed by atoms with Gasteiger partial charge in [0.05, 0.1) is 0 Å². The topological polar surface area (TPSA) is 46.6 Å². The zero-order chi connectivity index (χ0) is 21.1. The third-order valence-electron chi connectivity index (χ3n) is 5.66. The molecule has 0 saturated heterocycles. The third-order valence-corrected chi connectivity index (χ3v) is 5.66. The summed E-state index contributed by atoms with van der Waals surface area (Å²) in [5.41, 5.74) is 2.59. The van der Waals surface area contributed by atoms with E-state index in [4.69, 9.17) is 4.74 Å². The molecule has 4 heteroatoms. The van der Waals surface area contributed by atoms with Crippen LogP contribution in [0.3, 0.4) is 0 Å². The van der Waals surface area contributed by atoms with Crippen molar-refractivity contribution in [2.24, 2.45) is 5.92 Å². The van der Waals surface area contributed by atoms with Crippen LogP contribution in [0.5, 0.6) is 0 Å². The number of esters is 1. The third kappa shape index (κ3) is 3.76. The fourth-order valence-corrected chi connectivity index (χ4v) is 4.34. The summed E-state index contributed by atoms with van der Waals surface area (Å²) in [5, 5.41) is 0. The van der Waals surface area contributed by atoms with Crippen molar-refractivity contribution in [2.45, 2.75) is 32.3 Å². The van der Waals surface area contributed by atoms with E-state index < -0.39 is 5.60 Å². The number of benzene rings is 2. The molecular formula is C26H25NO3. The minimum Gasteiger partial charge on any atom is -0.446 e. The molecule has 0 radical (unpaired) electrons. The Morgan fingerprint density at radius 1 is 1.10 bits per heavy atom. The summed E-state index contributed by atoms with van der Waals surface area (Å²) >= 11 is 0. The molecule has 2 aliphatic rings. The molecule has 0 N–H and O–H groups in total. The predicted molar refractivity (Wildman–Crippen MR) is 115 cm³/mol. The average molecular weight is 399 g/mol. The van der Waals surface area contributed by atoms with Gasteiger partial charge in [-0.2, -0.15) is 0 Å². The van der Waals surface area contributed by atoms with Gasteiger partial charge in [0.2, 0.25) is 0 Å². The van der Waals surface area contributed by atoms with Crippen LogP contribution in [0.15, 0.2) is 71.8 Å². The second kappa shape index (κ2) is 8.20. The SMILES string of the molecule is CC(C)CC1(c2ccccc2)OC(=O)C2=C1CN(C(=O)C#Cc1ccccc1)CC2. The van der Waals surface area contributed by atoms with Gasteiger partial charge in [-0.1, -0.05) is 68.3 Å². The standard InChI is InChI=1S/C26H25NO3/c1-19(2)17-26(21-11-7-4-8-12-21)23-18-27(16-15-22(23)25(29)30-26)24(28)14-13-20-9-5-3-6-10-20/h3-12,19H,15-18H2,1-2H3. The van der Waals surface area contributed by atoms with E-state index in [1.807, 2.05) is 60.7 Å². The molecule has 0 saturated carbocycles. The van der Waals surface area contributed by atoms with Gasteiger partial charge in [-0.3, -0.25) is 4.79 Å². The first-order valence-electron chi connectivity index (χ1n) is 10.4. The summed E-state index contributed by atoms with van der Waals surface area (Å²) in [6, 6.07) is 19.3. The molecule has 2 aliphatic heterocycles. The van der Waals surface area contributed by atoms with Gasteiger partial charge in [-0.25, -0.2) is 4.79 Å². The van der Waals surface area contributed by atoms with Gasteiger partial charge in [0.15, 0.2) is 5.60 Å². The Morgan fingerprint density at radius 2 is 1.77 bits per heavy atom. The largest absolute Gasteiger partial charge is 0.446 e. The molecule has 4 nitrogen and oxygen atoms in total. The van der Waals surface area contributed by atoms with E-state index >= 15 is 0 Å². The number of carbonyl (C=O) groups excluding carboxylic acids is 2. The van der Waals surface area contributed by atoms with Crippen molar-refractivity contribution in [1.29, 1.82) is 0 Å². The Balaban J connectivity index is 1.66. The second-order valence-corrected chi connectivity index (χ2v) is 8.23. The van der Waals surface area contributed by atoms with Crippen molar-refractivity contribution >= 4 is 11.9 Å². The maximum absolute atomic E-state index is 12.8. The van der Waals surface area contributed by atoms with Crippen molar-refractivity contribution in [3.63, 3.8) is 0 Å². The number of amides is 1. The molecule has 2 heterocycles. The molecule has 0 bridgehead atoms. The summed E-state index contributed by atoms with van der Waals surface area (Å²) in [4.78, 5) is 27.3. The zero-order valence-electron chi connectivity index (χ0n) is 17.4. The van der Waals surface area contributed by atoms with Crippen LogP contribution in [-0.2, 0) is 19.9 Å². The maximum atomic E-state index is 12.8. The molecule has 1 amide bonds. The first kappa shape index (κ1) is 20.0. The Labute approximate surface area is 177 Å². The van der Waals surface area contributed by atoms with Gasteiger partial charge in [0, 0.05) is 35.7 Å². The lowest BCUT2D eigenvalue weighted by molar-refractivity contribution is -0.149. The normalized spacial score (nSPS) is 20.5. The molecule has 2 aromatic rings. The molecule has 4 rings (SSSR count). The first-order valence-corrected chi connectivity index (χ1v) is 10.4. The van der Waals surface area contributed by atoms with Gasteiger partial charge in [-0.15, -0.1) is 0 Å². The molecule has 1 atom stereocenters. The van der Waals surface area contributed by atoms with Crippen LogP contribution in [-0.4, -0.2) is 29.9 Å². The lowest BCUT2D eigenvalue weighted by Gasteiger charge is -2.36. The van der Waals surface area contributed by atoms with Gasteiger partial charge >= 0.3 is 5.97 Å². The fourth-order valence-electron chi connectivity index (χ4n) is 4.34. The summed E-state index contributed by atoms with van der Waals surface area (Å²) < 4.78 is 6.06. The Kier molecular flexibility index (Phi) is 5.46. The van der Waals surface area contributed by atoms with Gasteiger partial charge < -0.3 is 9.64 Å². The number of carbonyl (C=O) groups is 2. The molecule has 0 spiro atoms. The van der Waals surface area contributed by atoms with E-state index in [2.05, 4.69) is 25.7 Å². The highest BCUT2D eigenvalue weighted by Gasteiger charge is 2.50. The van der Waals surface area contributed by atoms with Crippen molar-refractivity contribution in [3.05, 3.63) is 82.9 Å². The minimum atomic E-state index is -0.812. The Morgan fingerprint density at radius 3 is 2.43 bits per heavy atom. The van der Waals surface area contributed by atoms with Gasteiger partial charge in [-0.05, 0) is 36.5 Å². The van der Waals surface area contributed by atoms with E-state index in [1.165, 1.54) is 0 Å². The summed E-state index contributed by atoms with van der Waals surface area (Å²) in [7, 11) is 0. The lowest BCUT2D eigenvalue weighted by atomic mass is 9.77. The molecule has 0 fully saturated rings. The monoisotopic (exact) mass is 399 g/mol. The highest BCUT2D eigenvalue weighted by Crippen LogP contribution is 2.48.